The zero-order valence-corrected chi connectivity index (χ0v) is 12.0. The lowest BCUT2D eigenvalue weighted by Gasteiger charge is -2.25. The molecule has 19 heavy (non-hydrogen) atoms. The second kappa shape index (κ2) is 6.82. The van der Waals surface area contributed by atoms with Gasteiger partial charge < -0.3 is 10.1 Å². The highest BCUT2D eigenvalue weighted by atomic mass is 32.2. The highest BCUT2D eigenvalue weighted by Crippen LogP contribution is 2.26. The fourth-order valence-corrected chi connectivity index (χ4v) is 2.80. The standard InChI is InChI=1S/C14H20N2O2S/c1-18-14(17)12-9-11(19-15)7-8-13(12)16-10-5-3-2-4-6-10/h7-10,16H,2-6,15H2,1H3. The van der Waals surface area contributed by atoms with E-state index < -0.39 is 0 Å². The first kappa shape index (κ1) is 14.2. The van der Waals surface area contributed by atoms with Gasteiger partial charge in [-0.3, -0.25) is 5.14 Å². The number of ether oxygens (including phenoxy) is 1. The van der Waals surface area contributed by atoms with E-state index in [0.717, 1.165) is 35.4 Å². The average Bonchev–Trinajstić information content (AvgIpc) is 2.48. The van der Waals surface area contributed by atoms with Crippen LogP contribution < -0.4 is 10.5 Å². The van der Waals surface area contributed by atoms with Crippen LogP contribution >= 0.6 is 11.9 Å². The van der Waals surface area contributed by atoms with Crippen LogP contribution in [-0.4, -0.2) is 19.1 Å². The number of anilines is 1. The van der Waals surface area contributed by atoms with Crippen LogP contribution in [0.5, 0.6) is 0 Å². The van der Waals surface area contributed by atoms with Gasteiger partial charge in [0.25, 0.3) is 0 Å². The molecule has 2 rings (SSSR count). The predicted molar refractivity (Wildman–Crippen MR) is 78.3 cm³/mol. The molecule has 0 amide bonds. The molecule has 1 saturated carbocycles. The Kier molecular flexibility index (Phi) is 5.10. The van der Waals surface area contributed by atoms with Gasteiger partial charge in [0, 0.05) is 16.6 Å². The van der Waals surface area contributed by atoms with Gasteiger partial charge in [0.05, 0.1) is 12.7 Å². The fraction of sp³-hybridized carbons (Fsp3) is 0.500. The molecule has 0 aromatic heterocycles. The summed E-state index contributed by atoms with van der Waals surface area (Å²) in [6.07, 6.45) is 6.14. The third-order valence-electron chi connectivity index (χ3n) is 3.50. The van der Waals surface area contributed by atoms with Crippen LogP contribution in [-0.2, 0) is 4.74 Å². The normalized spacial score (nSPS) is 16.1. The Labute approximate surface area is 118 Å². The average molecular weight is 280 g/mol. The lowest BCUT2D eigenvalue weighted by atomic mass is 9.95. The van der Waals surface area contributed by atoms with Crippen LogP contribution in [0.15, 0.2) is 23.1 Å². The van der Waals surface area contributed by atoms with Crippen LogP contribution in [0.2, 0.25) is 0 Å². The number of hydrogen-bond acceptors (Lipinski definition) is 5. The largest absolute Gasteiger partial charge is 0.465 e. The summed E-state index contributed by atoms with van der Waals surface area (Å²) >= 11 is 1.13. The molecule has 0 heterocycles. The Bertz CT molecular complexity index is 445. The number of benzene rings is 1. The van der Waals surface area contributed by atoms with E-state index in [4.69, 9.17) is 9.88 Å². The van der Waals surface area contributed by atoms with Crippen molar-refractivity contribution in [3.05, 3.63) is 23.8 Å². The lowest BCUT2D eigenvalue weighted by Crippen LogP contribution is -2.23. The second-order valence-corrected chi connectivity index (χ2v) is 5.50. The van der Waals surface area contributed by atoms with Gasteiger partial charge in [-0.15, -0.1) is 0 Å². The van der Waals surface area contributed by atoms with E-state index in [0.29, 0.717) is 11.6 Å². The van der Waals surface area contributed by atoms with Gasteiger partial charge in [-0.25, -0.2) is 4.79 Å². The first-order valence-corrected chi connectivity index (χ1v) is 7.48. The van der Waals surface area contributed by atoms with Crippen molar-refractivity contribution < 1.29 is 9.53 Å². The molecule has 1 fully saturated rings. The molecule has 0 saturated heterocycles. The van der Waals surface area contributed by atoms with Gasteiger partial charge in [-0.2, -0.15) is 0 Å². The van der Waals surface area contributed by atoms with Crippen molar-refractivity contribution in [3.63, 3.8) is 0 Å². The van der Waals surface area contributed by atoms with E-state index in [2.05, 4.69) is 5.32 Å². The molecule has 3 N–H and O–H groups in total. The van der Waals surface area contributed by atoms with Crippen LogP contribution in [0.25, 0.3) is 0 Å². The number of nitrogens with two attached hydrogens (primary N) is 1. The number of methoxy groups -OCH3 is 1. The smallest absolute Gasteiger partial charge is 0.340 e. The minimum absolute atomic E-state index is 0.325. The maximum atomic E-state index is 11.8. The molecule has 0 radical (unpaired) electrons. The molecule has 0 unspecified atom stereocenters. The highest BCUT2D eigenvalue weighted by Gasteiger charge is 2.18. The summed E-state index contributed by atoms with van der Waals surface area (Å²) in [5, 5.41) is 9.00. The quantitative estimate of drug-likeness (QED) is 0.655. The number of rotatable bonds is 4. The number of hydrogen-bond donors (Lipinski definition) is 2. The molecule has 1 aliphatic rings. The van der Waals surface area contributed by atoms with Crippen molar-refractivity contribution >= 4 is 23.6 Å². The monoisotopic (exact) mass is 280 g/mol. The summed E-state index contributed by atoms with van der Waals surface area (Å²) in [5.41, 5.74) is 1.40. The van der Waals surface area contributed by atoms with E-state index >= 15 is 0 Å². The third-order valence-corrected chi connectivity index (χ3v) is 4.02. The minimum Gasteiger partial charge on any atom is -0.465 e. The maximum absolute atomic E-state index is 11.8. The molecule has 4 nitrogen and oxygen atoms in total. The van der Waals surface area contributed by atoms with Crippen LogP contribution in [0.3, 0.4) is 0 Å². The Morgan fingerprint density at radius 2 is 2.11 bits per heavy atom. The molecule has 5 heteroatoms. The molecular weight excluding hydrogens is 260 g/mol. The van der Waals surface area contributed by atoms with Crippen LogP contribution in [0, 0.1) is 0 Å². The van der Waals surface area contributed by atoms with Crippen molar-refractivity contribution in [1.29, 1.82) is 0 Å². The highest BCUT2D eigenvalue weighted by molar-refractivity contribution is 7.97. The van der Waals surface area contributed by atoms with E-state index in [9.17, 15) is 4.79 Å². The van der Waals surface area contributed by atoms with Crippen LogP contribution in [0.1, 0.15) is 42.5 Å². The lowest BCUT2D eigenvalue weighted by molar-refractivity contribution is 0.0601. The number of nitrogens with one attached hydrogen (secondary N) is 1. The van der Waals surface area contributed by atoms with Crippen molar-refractivity contribution in [2.45, 2.75) is 43.0 Å². The van der Waals surface area contributed by atoms with Gasteiger partial charge in [-0.1, -0.05) is 19.3 Å². The van der Waals surface area contributed by atoms with E-state index in [1.54, 1.807) is 6.07 Å². The zero-order valence-electron chi connectivity index (χ0n) is 11.1. The number of esters is 1. The molecule has 1 aromatic rings. The maximum Gasteiger partial charge on any atom is 0.340 e. The summed E-state index contributed by atoms with van der Waals surface area (Å²) in [6, 6.07) is 6.06. The van der Waals surface area contributed by atoms with Gasteiger partial charge >= 0.3 is 5.97 Å². The van der Waals surface area contributed by atoms with E-state index in [1.165, 1.54) is 26.4 Å². The predicted octanol–water partition coefficient (Wildman–Crippen LogP) is 3.18. The second-order valence-electron chi connectivity index (χ2n) is 4.80. The zero-order chi connectivity index (χ0) is 13.7. The summed E-state index contributed by atoms with van der Waals surface area (Å²) in [5.74, 6) is -0.325. The van der Waals surface area contributed by atoms with Gasteiger partial charge in [0.2, 0.25) is 0 Å². The SMILES string of the molecule is COC(=O)c1cc(SN)ccc1NC1CCCCC1. The minimum atomic E-state index is -0.325. The summed E-state index contributed by atoms with van der Waals surface area (Å²) in [6.45, 7) is 0. The molecule has 1 aromatic carbocycles. The molecule has 104 valence electrons. The Hall–Kier alpha value is -1.20. The Balaban J connectivity index is 2.19. The molecule has 0 spiro atoms. The fourth-order valence-electron chi connectivity index (χ4n) is 2.47. The number of carbonyl (C=O) groups is 1. The van der Waals surface area contributed by atoms with Crippen molar-refractivity contribution in [1.82, 2.24) is 0 Å². The van der Waals surface area contributed by atoms with Crippen molar-refractivity contribution in [2.75, 3.05) is 12.4 Å². The molecular formula is C14H20N2O2S. The molecule has 0 bridgehead atoms. The first-order chi connectivity index (χ1) is 9.24. The summed E-state index contributed by atoms with van der Waals surface area (Å²) in [7, 11) is 1.40. The topological polar surface area (TPSA) is 64.3 Å². The molecule has 0 atom stereocenters. The molecule has 0 aliphatic heterocycles. The van der Waals surface area contributed by atoms with Gasteiger partial charge in [0.15, 0.2) is 0 Å². The Morgan fingerprint density at radius 1 is 1.37 bits per heavy atom. The van der Waals surface area contributed by atoms with Gasteiger partial charge in [0.1, 0.15) is 0 Å². The molecule has 1 aliphatic carbocycles. The summed E-state index contributed by atoms with van der Waals surface area (Å²) in [4.78, 5) is 12.7. The first-order valence-electron chi connectivity index (χ1n) is 6.60. The van der Waals surface area contributed by atoms with Crippen molar-refractivity contribution in [3.8, 4) is 0 Å². The van der Waals surface area contributed by atoms with Crippen LogP contribution in [0.4, 0.5) is 5.69 Å². The summed E-state index contributed by atoms with van der Waals surface area (Å²) < 4.78 is 4.84. The van der Waals surface area contributed by atoms with E-state index in [-0.39, 0.29) is 5.97 Å². The van der Waals surface area contributed by atoms with E-state index in [1.807, 2.05) is 12.1 Å². The van der Waals surface area contributed by atoms with Crippen molar-refractivity contribution in [2.24, 2.45) is 5.14 Å². The van der Waals surface area contributed by atoms with Gasteiger partial charge in [-0.05, 0) is 43.0 Å². The Morgan fingerprint density at radius 3 is 2.74 bits per heavy atom. The number of carbonyl (C=O) groups excluding carboxylic acids is 1. The third kappa shape index (κ3) is 3.64.